The van der Waals surface area contributed by atoms with E-state index in [4.69, 9.17) is 4.74 Å². The number of methoxy groups -OCH3 is 1. The van der Waals surface area contributed by atoms with Crippen molar-refractivity contribution in [1.82, 2.24) is 4.98 Å². The molecule has 2 heterocycles. The Labute approximate surface area is 77.4 Å². The minimum absolute atomic E-state index is 0.671. The highest BCUT2D eigenvalue weighted by molar-refractivity contribution is 5.65. The smallest absolute Gasteiger partial charge is 0.237 e. The molecule has 1 aliphatic rings. The summed E-state index contributed by atoms with van der Waals surface area (Å²) in [5, 5.41) is 3.25. The third kappa shape index (κ3) is 1.26. The molecule has 0 spiro atoms. The van der Waals surface area contributed by atoms with Crippen molar-refractivity contribution < 1.29 is 4.74 Å². The molecule has 3 heteroatoms. The van der Waals surface area contributed by atoms with Crippen LogP contribution in [0.4, 0.5) is 5.69 Å². The van der Waals surface area contributed by atoms with Gasteiger partial charge in [-0.15, -0.1) is 0 Å². The Morgan fingerprint density at radius 3 is 3.23 bits per heavy atom. The Morgan fingerprint density at radius 1 is 1.69 bits per heavy atom. The monoisotopic (exact) mass is 176 g/mol. The Bertz CT molecular complexity index is 347. The fourth-order valence-corrected chi connectivity index (χ4v) is 1.55. The number of rotatable bonds is 2. The van der Waals surface area contributed by atoms with E-state index in [2.05, 4.69) is 16.9 Å². The van der Waals surface area contributed by atoms with Gasteiger partial charge in [-0.1, -0.05) is 6.58 Å². The van der Waals surface area contributed by atoms with Gasteiger partial charge in [0.25, 0.3) is 0 Å². The molecule has 2 rings (SSSR count). The zero-order valence-corrected chi connectivity index (χ0v) is 7.63. The van der Waals surface area contributed by atoms with Crippen molar-refractivity contribution in [3.8, 4) is 5.88 Å². The van der Waals surface area contributed by atoms with Crippen LogP contribution in [0.5, 0.6) is 5.88 Å². The lowest BCUT2D eigenvalue weighted by Gasteiger charge is -2.07. The Kier molecular flexibility index (Phi) is 1.93. The van der Waals surface area contributed by atoms with Crippen LogP contribution in [0.25, 0.3) is 6.08 Å². The average Bonchev–Trinajstić information content (AvgIpc) is 2.63. The van der Waals surface area contributed by atoms with Crippen LogP contribution in [-0.2, 0) is 6.42 Å². The van der Waals surface area contributed by atoms with Gasteiger partial charge in [-0.05, 0) is 24.1 Å². The Hall–Kier alpha value is -1.51. The van der Waals surface area contributed by atoms with Crippen LogP contribution in [0.3, 0.4) is 0 Å². The minimum Gasteiger partial charge on any atom is -0.480 e. The number of hydrogen-bond acceptors (Lipinski definition) is 3. The zero-order chi connectivity index (χ0) is 9.26. The van der Waals surface area contributed by atoms with E-state index in [1.165, 1.54) is 5.56 Å². The SMILES string of the molecule is C=Cc1cc2c(c(OC)n1)NCC2. The Morgan fingerprint density at radius 2 is 2.54 bits per heavy atom. The van der Waals surface area contributed by atoms with E-state index in [9.17, 15) is 0 Å². The van der Waals surface area contributed by atoms with Gasteiger partial charge < -0.3 is 10.1 Å². The summed E-state index contributed by atoms with van der Waals surface area (Å²) in [5.41, 5.74) is 3.18. The molecule has 0 fully saturated rings. The van der Waals surface area contributed by atoms with Crippen molar-refractivity contribution in [2.24, 2.45) is 0 Å². The predicted octanol–water partition coefficient (Wildman–Crippen LogP) is 1.70. The van der Waals surface area contributed by atoms with E-state index < -0.39 is 0 Å². The van der Waals surface area contributed by atoms with E-state index in [0.29, 0.717) is 5.88 Å². The number of hydrogen-bond donors (Lipinski definition) is 1. The van der Waals surface area contributed by atoms with E-state index in [1.54, 1.807) is 13.2 Å². The molecule has 0 radical (unpaired) electrons. The summed E-state index contributed by atoms with van der Waals surface area (Å²) in [4.78, 5) is 4.28. The molecule has 13 heavy (non-hydrogen) atoms. The first kappa shape index (κ1) is 8.10. The first-order valence-corrected chi connectivity index (χ1v) is 4.29. The van der Waals surface area contributed by atoms with Crippen LogP contribution in [-0.4, -0.2) is 18.6 Å². The quantitative estimate of drug-likeness (QED) is 0.744. The normalized spacial score (nSPS) is 13.3. The molecule has 3 nitrogen and oxygen atoms in total. The highest BCUT2D eigenvalue weighted by atomic mass is 16.5. The van der Waals surface area contributed by atoms with Crippen LogP contribution in [0.15, 0.2) is 12.6 Å². The van der Waals surface area contributed by atoms with E-state index in [1.807, 2.05) is 6.07 Å². The lowest BCUT2D eigenvalue weighted by Crippen LogP contribution is -1.97. The van der Waals surface area contributed by atoms with Crippen molar-refractivity contribution in [2.75, 3.05) is 19.0 Å². The molecule has 1 N–H and O–H groups in total. The molecular weight excluding hydrogens is 164 g/mol. The summed E-state index contributed by atoms with van der Waals surface area (Å²) in [6, 6.07) is 2.05. The summed E-state index contributed by atoms with van der Waals surface area (Å²) >= 11 is 0. The fraction of sp³-hybridized carbons (Fsp3) is 0.300. The lowest BCUT2D eigenvalue weighted by molar-refractivity contribution is 0.399. The molecule has 0 aromatic carbocycles. The van der Waals surface area contributed by atoms with Crippen LogP contribution in [0, 0.1) is 0 Å². The number of anilines is 1. The van der Waals surface area contributed by atoms with Gasteiger partial charge in [0.2, 0.25) is 5.88 Å². The number of ether oxygens (including phenoxy) is 1. The fourth-order valence-electron chi connectivity index (χ4n) is 1.55. The van der Waals surface area contributed by atoms with Gasteiger partial charge in [-0.25, -0.2) is 4.98 Å². The summed E-state index contributed by atoms with van der Waals surface area (Å²) in [7, 11) is 1.63. The highest BCUT2D eigenvalue weighted by Crippen LogP contribution is 2.31. The third-order valence-electron chi connectivity index (χ3n) is 2.19. The van der Waals surface area contributed by atoms with Crippen molar-refractivity contribution in [2.45, 2.75) is 6.42 Å². The van der Waals surface area contributed by atoms with Crippen molar-refractivity contribution >= 4 is 11.8 Å². The number of nitrogens with one attached hydrogen (secondary N) is 1. The predicted molar refractivity (Wildman–Crippen MR) is 53.1 cm³/mol. The molecule has 0 saturated heterocycles. The van der Waals surface area contributed by atoms with Crippen LogP contribution < -0.4 is 10.1 Å². The van der Waals surface area contributed by atoms with Gasteiger partial charge in [0.1, 0.15) is 5.69 Å². The maximum atomic E-state index is 5.18. The van der Waals surface area contributed by atoms with Crippen molar-refractivity contribution in [3.63, 3.8) is 0 Å². The maximum Gasteiger partial charge on any atom is 0.237 e. The molecule has 0 amide bonds. The van der Waals surface area contributed by atoms with Crippen molar-refractivity contribution in [1.29, 1.82) is 0 Å². The topological polar surface area (TPSA) is 34.1 Å². The molecule has 0 bridgehead atoms. The second kappa shape index (κ2) is 3.09. The zero-order valence-electron chi connectivity index (χ0n) is 7.63. The van der Waals surface area contributed by atoms with E-state index >= 15 is 0 Å². The van der Waals surface area contributed by atoms with Gasteiger partial charge >= 0.3 is 0 Å². The first-order chi connectivity index (χ1) is 6.35. The summed E-state index contributed by atoms with van der Waals surface area (Å²) < 4.78 is 5.18. The molecule has 1 aliphatic heterocycles. The molecule has 0 aliphatic carbocycles. The standard InChI is InChI=1S/C10H12N2O/c1-3-8-6-7-4-5-11-9(7)10(12-8)13-2/h3,6,11H,1,4-5H2,2H3. The molecule has 0 unspecified atom stereocenters. The number of pyridine rings is 1. The van der Waals surface area contributed by atoms with Gasteiger partial charge in [0.05, 0.1) is 12.8 Å². The maximum absolute atomic E-state index is 5.18. The van der Waals surface area contributed by atoms with Crippen LogP contribution in [0.2, 0.25) is 0 Å². The average molecular weight is 176 g/mol. The second-order valence-corrected chi connectivity index (χ2v) is 2.97. The molecule has 68 valence electrons. The van der Waals surface area contributed by atoms with Crippen LogP contribution >= 0.6 is 0 Å². The minimum atomic E-state index is 0.671. The summed E-state index contributed by atoms with van der Waals surface area (Å²) in [6.07, 6.45) is 2.77. The molecule has 1 aromatic heterocycles. The lowest BCUT2D eigenvalue weighted by atomic mass is 10.2. The van der Waals surface area contributed by atoms with E-state index in [0.717, 1.165) is 24.3 Å². The number of fused-ring (bicyclic) bond motifs is 1. The molecule has 1 aromatic rings. The molecular formula is C10H12N2O. The first-order valence-electron chi connectivity index (χ1n) is 4.29. The van der Waals surface area contributed by atoms with Gasteiger partial charge in [-0.3, -0.25) is 0 Å². The second-order valence-electron chi connectivity index (χ2n) is 2.97. The summed E-state index contributed by atoms with van der Waals surface area (Å²) in [5.74, 6) is 0.671. The summed E-state index contributed by atoms with van der Waals surface area (Å²) in [6.45, 7) is 4.66. The molecule has 0 saturated carbocycles. The van der Waals surface area contributed by atoms with Gasteiger partial charge in [0.15, 0.2) is 0 Å². The third-order valence-corrected chi connectivity index (χ3v) is 2.19. The Balaban J connectivity index is 2.55. The van der Waals surface area contributed by atoms with Gasteiger partial charge in [0, 0.05) is 6.54 Å². The van der Waals surface area contributed by atoms with Gasteiger partial charge in [-0.2, -0.15) is 0 Å². The van der Waals surface area contributed by atoms with E-state index in [-0.39, 0.29) is 0 Å². The van der Waals surface area contributed by atoms with Crippen molar-refractivity contribution in [3.05, 3.63) is 23.9 Å². The largest absolute Gasteiger partial charge is 0.480 e. The molecule has 0 atom stereocenters. The number of aromatic nitrogens is 1. The number of nitrogens with zero attached hydrogens (tertiary/aromatic N) is 1. The van der Waals surface area contributed by atoms with Crippen LogP contribution in [0.1, 0.15) is 11.3 Å². The highest BCUT2D eigenvalue weighted by Gasteiger charge is 2.16.